The Kier molecular flexibility index (Phi) is 5.76. The van der Waals surface area contributed by atoms with Crippen molar-refractivity contribution in [1.29, 1.82) is 0 Å². The topological polar surface area (TPSA) is 71.8 Å². The Labute approximate surface area is 139 Å². The van der Waals surface area contributed by atoms with Gasteiger partial charge in [0.15, 0.2) is 5.69 Å². The van der Waals surface area contributed by atoms with Crippen molar-refractivity contribution >= 4 is 35.6 Å². The van der Waals surface area contributed by atoms with Gasteiger partial charge in [-0.05, 0) is 50.2 Å². The Morgan fingerprint density at radius 2 is 1.95 bits per heavy atom. The number of rotatable bonds is 3. The van der Waals surface area contributed by atoms with E-state index in [9.17, 15) is 4.79 Å². The smallest absolute Gasteiger partial charge is 0.277 e. The Balaban J connectivity index is 0.00000176. The van der Waals surface area contributed by atoms with E-state index in [2.05, 4.69) is 20.9 Å². The second kappa shape index (κ2) is 7.58. The molecular formula is C14H17Cl2N5O. The van der Waals surface area contributed by atoms with Crippen LogP contribution in [0.4, 0.5) is 5.69 Å². The number of anilines is 1. The quantitative estimate of drug-likeness (QED) is 0.899. The zero-order valence-corrected chi connectivity index (χ0v) is 13.4. The second-order valence-corrected chi connectivity index (χ2v) is 5.46. The van der Waals surface area contributed by atoms with Crippen molar-refractivity contribution in [1.82, 2.24) is 20.3 Å². The van der Waals surface area contributed by atoms with E-state index in [0.29, 0.717) is 22.4 Å². The summed E-state index contributed by atoms with van der Waals surface area (Å²) >= 11 is 5.81. The normalized spacial score (nSPS) is 15.1. The van der Waals surface area contributed by atoms with Crippen molar-refractivity contribution in [2.45, 2.75) is 18.9 Å². The maximum atomic E-state index is 12.1. The molecule has 0 unspecified atom stereocenters. The third-order valence-corrected chi connectivity index (χ3v) is 3.78. The molecule has 1 aliphatic heterocycles. The van der Waals surface area contributed by atoms with Gasteiger partial charge >= 0.3 is 0 Å². The van der Waals surface area contributed by atoms with E-state index in [0.717, 1.165) is 25.9 Å². The molecule has 6 nitrogen and oxygen atoms in total. The molecule has 2 N–H and O–H groups in total. The van der Waals surface area contributed by atoms with Crippen LogP contribution in [0.3, 0.4) is 0 Å². The standard InChI is InChI=1S/C14H16ClN5O.ClH/c15-10-1-3-11(4-2-10)17-14(21)13-9-20(19-18-13)12-5-7-16-8-6-12;/h1-4,9,12,16H,5-8H2,(H,17,21);1H. The Hall–Kier alpha value is -1.63. The summed E-state index contributed by atoms with van der Waals surface area (Å²) in [7, 11) is 0. The molecule has 0 bridgehead atoms. The molecule has 2 aromatic rings. The van der Waals surface area contributed by atoms with Crippen LogP contribution in [0.5, 0.6) is 0 Å². The number of nitrogens with one attached hydrogen (secondary N) is 2. The van der Waals surface area contributed by atoms with Crippen LogP contribution in [0.2, 0.25) is 5.02 Å². The number of hydrogen-bond acceptors (Lipinski definition) is 4. The molecule has 0 aliphatic carbocycles. The number of halogens is 2. The number of carbonyl (C=O) groups is 1. The summed E-state index contributed by atoms with van der Waals surface area (Å²) in [6.07, 6.45) is 3.71. The molecule has 22 heavy (non-hydrogen) atoms. The number of aromatic nitrogens is 3. The SMILES string of the molecule is Cl.O=C(Nc1ccc(Cl)cc1)c1cn(C2CCNCC2)nn1. The Morgan fingerprint density at radius 1 is 1.27 bits per heavy atom. The first-order valence-corrected chi connectivity index (χ1v) is 7.29. The predicted molar refractivity (Wildman–Crippen MR) is 87.8 cm³/mol. The predicted octanol–water partition coefficient (Wildman–Crippen LogP) is 2.53. The van der Waals surface area contributed by atoms with E-state index in [4.69, 9.17) is 11.6 Å². The molecule has 2 heterocycles. The van der Waals surface area contributed by atoms with Gasteiger partial charge in [-0.2, -0.15) is 0 Å². The lowest BCUT2D eigenvalue weighted by molar-refractivity contribution is 0.102. The van der Waals surface area contributed by atoms with Crippen LogP contribution in [0.15, 0.2) is 30.5 Å². The molecule has 1 amide bonds. The fraction of sp³-hybridized carbons (Fsp3) is 0.357. The summed E-state index contributed by atoms with van der Waals surface area (Å²) in [5.74, 6) is -0.266. The number of benzene rings is 1. The van der Waals surface area contributed by atoms with Gasteiger partial charge in [-0.15, -0.1) is 17.5 Å². The minimum absolute atomic E-state index is 0. The van der Waals surface area contributed by atoms with E-state index in [-0.39, 0.29) is 18.3 Å². The van der Waals surface area contributed by atoms with Crippen LogP contribution < -0.4 is 10.6 Å². The van der Waals surface area contributed by atoms with Gasteiger partial charge in [0.1, 0.15) is 0 Å². The van der Waals surface area contributed by atoms with Crippen molar-refractivity contribution in [2.75, 3.05) is 18.4 Å². The molecule has 0 spiro atoms. The fourth-order valence-corrected chi connectivity index (χ4v) is 2.48. The molecule has 0 radical (unpaired) electrons. The van der Waals surface area contributed by atoms with Gasteiger partial charge in [-0.1, -0.05) is 16.8 Å². The molecule has 118 valence electrons. The van der Waals surface area contributed by atoms with Gasteiger partial charge in [0, 0.05) is 10.7 Å². The number of carbonyl (C=O) groups excluding carboxylic acids is 1. The summed E-state index contributed by atoms with van der Waals surface area (Å²) in [6.45, 7) is 1.94. The molecule has 1 fully saturated rings. The molecule has 1 aliphatic rings. The molecule has 8 heteroatoms. The highest BCUT2D eigenvalue weighted by molar-refractivity contribution is 6.30. The van der Waals surface area contributed by atoms with Crippen molar-refractivity contribution in [2.24, 2.45) is 0 Å². The first-order valence-electron chi connectivity index (χ1n) is 6.92. The van der Waals surface area contributed by atoms with Crippen LogP contribution >= 0.6 is 24.0 Å². The lowest BCUT2D eigenvalue weighted by Gasteiger charge is -2.22. The third-order valence-electron chi connectivity index (χ3n) is 3.53. The van der Waals surface area contributed by atoms with E-state index >= 15 is 0 Å². The molecular weight excluding hydrogens is 325 g/mol. The van der Waals surface area contributed by atoms with Crippen LogP contribution in [0.1, 0.15) is 29.4 Å². The zero-order chi connectivity index (χ0) is 14.7. The van der Waals surface area contributed by atoms with Crippen LogP contribution in [-0.4, -0.2) is 34.0 Å². The van der Waals surface area contributed by atoms with Crippen LogP contribution in [0.25, 0.3) is 0 Å². The summed E-state index contributed by atoms with van der Waals surface area (Å²) < 4.78 is 1.79. The van der Waals surface area contributed by atoms with Crippen molar-refractivity contribution < 1.29 is 4.79 Å². The summed E-state index contributed by atoms with van der Waals surface area (Å²) in [6, 6.07) is 7.26. The van der Waals surface area contributed by atoms with Crippen molar-refractivity contribution in [3.05, 3.63) is 41.2 Å². The maximum absolute atomic E-state index is 12.1. The minimum atomic E-state index is -0.266. The van der Waals surface area contributed by atoms with Gasteiger partial charge in [0.25, 0.3) is 5.91 Å². The monoisotopic (exact) mass is 341 g/mol. The van der Waals surface area contributed by atoms with Crippen LogP contribution in [0, 0.1) is 0 Å². The summed E-state index contributed by atoms with van der Waals surface area (Å²) in [5.41, 5.74) is 1.00. The number of hydrogen-bond donors (Lipinski definition) is 2. The highest BCUT2D eigenvalue weighted by atomic mass is 35.5. The van der Waals surface area contributed by atoms with Gasteiger partial charge in [-0.3, -0.25) is 4.79 Å². The van der Waals surface area contributed by atoms with Gasteiger partial charge in [0.05, 0.1) is 12.2 Å². The van der Waals surface area contributed by atoms with Crippen molar-refractivity contribution in [3.63, 3.8) is 0 Å². The highest BCUT2D eigenvalue weighted by Gasteiger charge is 2.18. The minimum Gasteiger partial charge on any atom is -0.321 e. The largest absolute Gasteiger partial charge is 0.321 e. The van der Waals surface area contributed by atoms with Crippen LogP contribution in [-0.2, 0) is 0 Å². The van der Waals surface area contributed by atoms with E-state index in [1.54, 1.807) is 35.1 Å². The molecule has 1 aromatic carbocycles. The average molecular weight is 342 g/mol. The summed E-state index contributed by atoms with van der Waals surface area (Å²) in [5, 5.41) is 14.7. The fourth-order valence-electron chi connectivity index (χ4n) is 2.36. The zero-order valence-electron chi connectivity index (χ0n) is 11.8. The highest BCUT2D eigenvalue weighted by Crippen LogP contribution is 2.18. The van der Waals surface area contributed by atoms with Crippen molar-refractivity contribution in [3.8, 4) is 0 Å². The van der Waals surface area contributed by atoms with E-state index in [1.807, 2.05) is 0 Å². The Morgan fingerprint density at radius 3 is 2.64 bits per heavy atom. The summed E-state index contributed by atoms with van der Waals surface area (Å²) in [4.78, 5) is 12.1. The number of piperidine rings is 1. The lowest BCUT2D eigenvalue weighted by Crippen LogP contribution is -2.29. The molecule has 0 saturated carbocycles. The van der Waals surface area contributed by atoms with E-state index < -0.39 is 0 Å². The van der Waals surface area contributed by atoms with Gasteiger partial charge in [0.2, 0.25) is 0 Å². The molecule has 3 rings (SSSR count). The molecule has 0 atom stereocenters. The van der Waals surface area contributed by atoms with E-state index in [1.165, 1.54) is 0 Å². The average Bonchev–Trinajstić information content (AvgIpc) is 3.00. The first kappa shape index (κ1) is 16.7. The molecule has 1 saturated heterocycles. The molecule has 1 aromatic heterocycles. The first-order chi connectivity index (χ1) is 10.2. The maximum Gasteiger partial charge on any atom is 0.277 e. The van der Waals surface area contributed by atoms with Gasteiger partial charge < -0.3 is 10.6 Å². The van der Waals surface area contributed by atoms with Gasteiger partial charge in [-0.25, -0.2) is 4.68 Å². The Bertz CT molecular complexity index is 622. The second-order valence-electron chi connectivity index (χ2n) is 5.03. The number of amides is 1. The lowest BCUT2D eigenvalue weighted by atomic mass is 10.1. The number of nitrogens with zero attached hydrogens (tertiary/aromatic N) is 3. The third kappa shape index (κ3) is 3.97.